The SMILES string of the molecule is Cc1ccc(C(C)C)c(Oc2ccc(C=O)c(Br)c2)c1. The Hall–Kier alpha value is -1.61. The van der Waals surface area contributed by atoms with E-state index in [0.717, 1.165) is 27.8 Å². The lowest BCUT2D eigenvalue weighted by atomic mass is 10.0. The third kappa shape index (κ3) is 3.28. The van der Waals surface area contributed by atoms with E-state index >= 15 is 0 Å². The second kappa shape index (κ2) is 6.23. The number of halogens is 1. The van der Waals surface area contributed by atoms with Crippen LogP contribution in [0.2, 0.25) is 0 Å². The van der Waals surface area contributed by atoms with Gasteiger partial charge >= 0.3 is 0 Å². The molecule has 0 spiro atoms. The zero-order valence-corrected chi connectivity index (χ0v) is 13.4. The molecule has 0 aliphatic heterocycles. The Kier molecular flexibility index (Phi) is 4.61. The first kappa shape index (κ1) is 14.8. The average molecular weight is 333 g/mol. The fourth-order valence-electron chi connectivity index (χ4n) is 2.00. The zero-order valence-electron chi connectivity index (χ0n) is 11.8. The fourth-order valence-corrected chi connectivity index (χ4v) is 2.45. The van der Waals surface area contributed by atoms with Gasteiger partial charge in [0.15, 0.2) is 6.29 Å². The molecular weight excluding hydrogens is 316 g/mol. The minimum Gasteiger partial charge on any atom is -0.457 e. The van der Waals surface area contributed by atoms with Gasteiger partial charge < -0.3 is 4.74 Å². The van der Waals surface area contributed by atoms with Gasteiger partial charge in [-0.3, -0.25) is 4.79 Å². The van der Waals surface area contributed by atoms with Crippen molar-refractivity contribution in [2.45, 2.75) is 26.7 Å². The Balaban J connectivity index is 2.36. The molecule has 0 fully saturated rings. The van der Waals surface area contributed by atoms with Crippen LogP contribution in [0.25, 0.3) is 0 Å². The molecule has 0 unspecified atom stereocenters. The molecule has 0 N–H and O–H groups in total. The number of ether oxygens (including phenoxy) is 1. The Morgan fingerprint density at radius 3 is 2.50 bits per heavy atom. The molecule has 104 valence electrons. The summed E-state index contributed by atoms with van der Waals surface area (Å²) in [7, 11) is 0. The highest BCUT2D eigenvalue weighted by atomic mass is 79.9. The summed E-state index contributed by atoms with van der Waals surface area (Å²) >= 11 is 3.37. The molecular formula is C17H17BrO2. The summed E-state index contributed by atoms with van der Waals surface area (Å²) in [5.74, 6) is 1.98. The predicted molar refractivity (Wildman–Crippen MR) is 84.9 cm³/mol. The summed E-state index contributed by atoms with van der Waals surface area (Å²) in [6.07, 6.45) is 0.820. The lowest BCUT2D eigenvalue weighted by Crippen LogP contribution is -1.95. The third-order valence-corrected chi connectivity index (χ3v) is 3.80. The van der Waals surface area contributed by atoms with E-state index < -0.39 is 0 Å². The molecule has 3 heteroatoms. The topological polar surface area (TPSA) is 26.3 Å². The molecule has 2 rings (SSSR count). The maximum absolute atomic E-state index is 10.8. The number of carbonyl (C=O) groups is 1. The molecule has 0 aliphatic rings. The summed E-state index contributed by atoms with van der Waals surface area (Å²) in [5.41, 5.74) is 2.95. The average Bonchev–Trinajstić information content (AvgIpc) is 2.38. The molecule has 0 aromatic heterocycles. The van der Waals surface area contributed by atoms with Gasteiger partial charge in [0.2, 0.25) is 0 Å². The Morgan fingerprint density at radius 1 is 1.15 bits per heavy atom. The normalized spacial score (nSPS) is 10.7. The molecule has 0 radical (unpaired) electrons. The van der Waals surface area contributed by atoms with E-state index in [1.54, 1.807) is 12.1 Å². The molecule has 2 nitrogen and oxygen atoms in total. The van der Waals surface area contributed by atoms with Gasteiger partial charge in [-0.25, -0.2) is 0 Å². The number of carbonyl (C=O) groups excluding carboxylic acids is 1. The minimum atomic E-state index is 0.392. The van der Waals surface area contributed by atoms with E-state index in [9.17, 15) is 4.79 Å². The van der Waals surface area contributed by atoms with Crippen molar-refractivity contribution >= 4 is 22.2 Å². The highest BCUT2D eigenvalue weighted by Gasteiger charge is 2.10. The molecule has 0 aliphatic carbocycles. The van der Waals surface area contributed by atoms with Gasteiger partial charge in [-0.15, -0.1) is 0 Å². The lowest BCUT2D eigenvalue weighted by molar-refractivity contribution is 0.112. The van der Waals surface area contributed by atoms with Crippen molar-refractivity contribution in [3.63, 3.8) is 0 Å². The van der Waals surface area contributed by atoms with Gasteiger partial charge in [-0.05, 0) is 64.2 Å². The van der Waals surface area contributed by atoms with E-state index in [1.807, 2.05) is 19.1 Å². The van der Waals surface area contributed by atoms with E-state index in [0.29, 0.717) is 11.5 Å². The van der Waals surface area contributed by atoms with Crippen LogP contribution in [0.15, 0.2) is 40.9 Å². The first-order valence-corrected chi connectivity index (χ1v) is 7.33. The van der Waals surface area contributed by atoms with Crippen molar-refractivity contribution in [2.75, 3.05) is 0 Å². The minimum absolute atomic E-state index is 0.392. The number of hydrogen-bond acceptors (Lipinski definition) is 2. The van der Waals surface area contributed by atoms with Crippen LogP contribution in [0.4, 0.5) is 0 Å². The molecule has 20 heavy (non-hydrogen) atoms. The lowest BCUT2D eigenvalue weighted by Gasteiger charge is -2.15. The molecule has 0 bridgehead atoms. The number of benzene rings is 2. The van der Waals surface area contributed by atoms with Crippen molar-refractivity contribution in [2.24, 2.45) is 0 Å². The van der Waals surface area contributed by atoms with Crippen molar-refractivity contribution in [3.05, 3.63) is 57.6 Å². The van der Waals surface area contributed by atoms with Crippen molar-refractivity contribution in [1.29, 1.82) is 0 Å². The van der Waals surface area contributed by atoms with E-state index in [-0.39, 0.29) is 0 Å². The Bertz CT molecular complexity index is 633. The van der Waals surface area contributed by atoms with Crippen LogP contribution in [-0.4, -0.2) is 6.29 Å². The summed E-state index contributed by atoms with van der Waals surface area (Å²) in [5, 5.41) is 0. The van der Waals surface area contributed by atoms with Gasteiger partial charge in [0.25, 0.3) is 0 Å². The monoisotopic (exact) mass is 332 g/mol. The number of hydrogen-bond donors (Lipinski definition) is 0. The number of aryl methyl sites for hydroxylation is 1. The van der Waals surface area contributed by atoms with Crippen LogP contribution in [-0.2, 0) is 0 Å². The number of rotatable bonds is 4. The molecule has 0 saturated heterocycles. The summed E-state index contributed by atoms with van der Waals surface area (Å²) in [6, 6.07) is 11.6. The van der Waals surface area contributed by atoms with Gasteiger partial charge in [-0.2, -0.15) is 0 Å². The summed E-state index contributed by atoms with van der Waals surface area (Å²) in [6.45, 7) is 6.33. The quantitative estimate of drug-likeness (QED) is 0.692. The molecule has 2 aromatic carbocycles. The summed E-state index contributed by atoms with van der Waals surface area (Å²) < 4.78 is 6.73. The maximum atomic E-state index is 10.8. The van der Waals surface area contributed by atoms with E-state index in [2.05, 4.69) is 41.9 Å². The van der Waals surface area contributed by atoms with Gasteiger partial charge in [0.05, 0.1) is 0 Å². The third-order valence-electron chi connectivity index (χ3n) is 3.12. The van der Waals surface area contributed by atoms with Crippen LogP contribution in [0.5, 0.6) is 11.5 Å². The molecule has 0 atom stereocenters. The Morgan fingerprint density at radius 2 is 1.90 bits per heavy atom. The molecule has 0 saturated carbocycles. The van der Waals surface area contributed by atoms with Gasteiger partial charge in [-0.1, -0.05) is 26.0 Å². The van der Waals surface area contributed by atoms with Crippen molar-refractivity contribution in [1.82, 2.24) is 0 Å². The van der Waals surface area contributed by atoms with Crippen LogP contribution < -0.4 is 4.74 Å². The van der Waals surface area contributed by atoms with E-state index in [1.165, 1.54) is 5.56 Å². The summed E-state index contributed by atoms with van der Waals surface area (Å²) in [4.78, 5) is 10.8. The second-order valence-electron chi connectivity index (χ2n) is 5.10. The van der Waals surface area contributed by atoms with Crippen LogP contribution in [0.1, 0.15) is 41.3 Å². The Labute approximate surface area is 127 Å². The fraction of sp³-hybridized carbons (Fsp3) is 0.235. The zero-order chi connectivity index (χ0) is 14.7. The molecule has 2 aromatic rings. The molecule has 0 amide bonds. The van der Waals surface area contributed by atoms with Crippen molar-refractivity contribution < 1.29 is 9.53 Å². The van der Waals surface area contributed by atoms with Crippen molar-refractivity contribution in [3.8, 4) is 11.5 Å². The highest BCUT2D eigenvalue weighted by Crippen LogP contribution is 2.33. The van der Waals surface area contributed by atoms with Crippen LogP contribution in [0, 0.1) is 6.92 Å². The largest absolute Gasteiger partial charge is 0.457 e. The first-order valence-electron chi connectivity index (χ1n) is 6.54. The maximum Gasteiger partial charge on any atom is 0.151 e. The predicted octanol–water partition coefficient (Wildman–Crippen LogP) is 5.49. The van der Waals surface area contributed by atoms with Gasteiger partial charge in [0, 0.05) is 10.0 Å². The number of aldehydes is 1. The first-order chi connectivity index (χ1) is 9.51. The van der Waals surface area contributed by atoms with Crippen LogP contribution >= 0.6 is 15.9 Å². The van der Waals surface area contributed by atoms with Gasteiger partial charge in [0.1, 0.15) is 11.5 Å². The standard InChI is InChI=1S/C17H17BrO2/c1-11(2)15-7-4-12(3)8-17(15)20-14-6-5-13(10-19)16(18)9-14/h4-11H,1-3H3. The second-order valence-corrected chi connectivity index (χ2v) is 5.95. The smallest absolute Gasteiger partial charge is 0.151 e. The van der Waals surface area contributed by atoms with E-state index in [4.69, 9.17) is 4.74 Å². The van der Waals surface area contributed by atoms with Crippen LogP contribution in [0.3, 0.4) is 0 Å². The highest BCUT2D eigenvalue weighted by molar-refractivity contribution is 9.10. The molecule has 0 heterocycles.